The minimum absolute atomic E-state index is 0.119. The molecule has 6 heteroatoms. The molecule has 1 atom stereocenters. The summed E-state index contributed by atoms with van der Waals surface area (Å²) in [4.78, 5) is 24.2. The van der Waals surface area contributed by atoms with Crippen molar-refractivity contribution >= 4 is 11.7 Å². The molecule has 24 heavy (non-hydrogen) atoms. The molecule has 1 amide bonds. The highest BCUT2D eigenvalue weighted by atomic mass is 16.5. The number of hydrogen-bond acceptors (Lipinski definition) is 5. The zero-order valence-electron chi connectivity index (χ0n) is 14.3. The van der Waals surface area contributed by atoms with Crippen molar-refractivity contribution in [3.63, 3.8) is 0 Å². The number of benzene rings is 1. The molecule has 1 aliphatic heterocycles. The van der Waals surface area contributed by atoms with Crippen LogP contribution in [-0.4, -0.2) is 46.5 Å². The Kier molecular flexibility index (Phi) is 4.64. The molecule has 1 aliphatic rings. The van der Waals surface area contributed by atoms with Crippen LogP contribution in [0.4, 0.5) is 5.82 Å². The van der Waals surface area contributed by atoms with Crippen molar-refractivity contribution in [3.05, 3.63) is 42.2 Å². The number of amides is 1. The normalized spacial score (nSPS) is 17.7. The van der Waals surface area contributed by atoms with Gasteiger partial charge in [0.05, 0.1) is 0 Å². The maximum atomic E-state index is 11.6. The molecule has 0 saturated carbocycles. The van der Waals surface area contributed by atoms with Gasteiger partial charge >= 0.3 is 0 Å². The van der Waals surface area contributed by atoms with Crippen LogP contribution >= 0.6 is 0 Å². The van der Waals surface area contributed by atoms with E-state index in [1.54, 1.807) is 6.92 Å². The number of nitrogens with zero attached hydrogens (tertiary/aromatic N) is 4. The van der Waals surface area contributed by atoms with Gasteiger partial charge in [-0.15, -0.1) is 0 Å². The fourth-order valence-electron chi connectivity index (χ4n) is 2.99. The summed E-state index contributed by atoms with van der Waals surface area (Å²) in [6.45, 7) is 7.90. The summed E-state index contributed by atoms with van der Waals surface area (Å²) in [6, 6.07) is 9.85. The summed E-state index contributed by atoms with van der Waals surface area (Å²) >= 11 is 0. The molecular formula is C18H22N4O2. The molecular weight excluding hydrogens is 304 g/mol. The highest BCUT2D eigenvalue weighted by molar-refractivity contribution is 5.74. The first-order valence-electron chi connectivity index (χ1n) is 8.11. The Hall–Kier alpha value is -2.63. The average Bonchev–Trinajstić information content (AvgIpc) is 2.54. The molecule has 3 rings (SSSR count). The molecule has 1 saturated heterocycles. The third-order valence-electron chi connectivity index (χ3n) is 4.20. The summed E-state index contributed by atoms with van der Waals surface area (Å²) in [5, 5.41) is 0. The summed E-state index contributed by atoms with van der Waals surface area (Å²) in [5.74, 6) is 2.22. The zero-order chi connectivity index (χ0) is 17.1. The first-order valence-corrected chi connectivity index (χ1v) is 8.11. The van der Waals surface area contributed by atoms with Crippen molar-refractivity contribution in [2.75, 3.05) is 24.5 Å². The molecule has 1 aromatic heterocycles. The van der Waals surface area contributed by atoms with Crippen LogP contribution in [-0.2, 0) is 4.79 Å². The highest BCUT2D eigenvalue weighted by Crippen LogP contribution is 2.24. The molecule has 1 aromatic carbocycles. The fourth-order valence-corrected chi connectivity index (χ4v) is 2.99. The van der Waals surface area contributed by atoms with Crippen LogP contribution in [0.1, 0.15) is 19.4 Å². The number of ether oxygens (including phenoxy) is 1. The van der Waals surface area contributed by atoms with Crippen molar-refractivity contribution in [2.45, 2.75) is 26.8 Å². The van der Waals surface area contributed by atoms with Gasteiger partial charge in [0.1, 0.15) is 17.9 Å². The topological polar surface area (TPSA) is 58.6 Å². The Bertz CT molecular complexity index is 734. The Balaban J connectivity index is 1.73. The van der Waals surface area contributed by atoms with E-state index in [4.69, 9.17) is 4.74 Å². The zero-order valence-corrected chi connectivity index (χ0v) is 14.3. The van der Waals surface area contributed by atoms with E-state index in [-0.39, 0.29) is 11.9 Å². The van der Waals surface area contributed by atoms with Gasteiger partial charge in [-0.05, 0) is 31.5 Å². The van der Waals surface area contributed by atoms with Crippen LogP contribution in [0.5, 0.6) is 11.6 Å². The molecule has 0 N–H and O–H groups in total. The van der Waals surface area contributed by atoms with Crippen molar-refractivity contribution in [3.8, 4) is 11.6 Å². The third kappa shape index (κ3) is 3.64. The number of aryl methyl sites for hydroxylation is 1. The second-order valence-electron chi connectivity index (χ2n) is 6.14. The van der Waals surface area contributed by atoms with Crippen LogP contribution in [0, 0.1) is 6.92 Å². The van der Waals surface area contributed by atoms with Crippen LogP contribution in [0.2, 0.25) is 0 Å². The van der Waals surface area contributed by atoms with Gasteiger partial charge in [-0.25, -0.2) is 9.97 Å². The Morgan fingerprint density at radius 2 is 2.08 bits per heavy atom. The number of carbonyl (C=O) groups excluding carboxylic acids is 1. The van der Waals surface area contributed by atoms with Crippen LogP contribution in [0.15, 0.2) is 36.7 Å². The van der Waals surface area contributed by atoms with E-state index in [0.717, 1.165) is 30.2 Å². The van der Waals surface area contributed by atoms with Gasteiger partial charge in [0, 0.05) is 38.7 Å². The number of aromatic nitrogens is 2. The van der Waals surface area contributed by atoms with Gasteiger partial charge in [-0.1, -0.05) is 12.1 Å². The van der Waals surface area contributed by atoms with Gasteiger partial charge in [0.25, 0.3) is 0 Å². The van der Waals surface area contributed by atoms with Gasteiger partial charge in [0.15, 0.2) is 0 Å². The van der Waals surface area contributed by atoms with E-state index in [1.807, 2.05) is 42.2 Å². The minimum Gasteiger partial charge on any atom is -0.439 e. The number of rotatable bonds is 3. The molecule has 0 spiro atoms. The minimum atomic E-state index is 0.119. The summed E-state index contributed by atoms with van der Waals surface area (Å²) < 4.78 is 5.83. The Morgan fingerprint density at radius 1 is 1.25 bits per heavy atom. The van der Waals surface area contributed by atoms with E-state index in [1.165, 1.54) is 6.33 Å². The molecule has 0 aliphatic carbocycles. The number of hydrogen-bond donors (Lipinski definition) is 0. The van der Waals surface area contributed by atoms with Gasteiger partial charge < -0.3 is 14.5 Å². The molecule has 0 radical (unpaired) electrons. The lowest BCUT2D eigenvalue weighted by molar-refractivity contribution is -0.131. The molecule has 126 valence electrons. The molecule has 2 heterocycles. The van der Waals surface area contributed by atoms with E-state index < -0.39 is 0 Å². The molecule has 1 fully saturated rings. The first kappa shape index (κ1) is 16.2. The summed E-state index contributed by atoms with van der Waals surface area (Å²) in [6.07, 6.45) is 1.52. The third-order valence-corrected chi connectivity index (χ3v) is 4.20. The molecule has 0 unspecified atom stereocenters. The lowest BCUT2D eigenvalue weighted by atomic mass is 10.2. The lowest BCUT2D eigenvalue weighted by Crippen LogP contribution is -2.53. The van der Waals surface area contributed by atoms with Crippen LogP contribution in [0.25, 0.3) is 0 Å². The maximum absolute atomic E-state index is 11.6. The molecule has 2 aromatic rings. The van der Waals surface area contributed by atoms with Crippen LogP contribution < -0.4 is 9.64 Å². The first-order chi connectivity index (χ1) is 11.5. The predicted octanol–water partition coefficient (Wildman–Crippen LogP) is 2.63. The van der Waals surface area contributed by atoms with Crippen molar-refractivity contribution in [2.24, 2.45) is 0 Å². The van der Waals surface area contributed by atoms with Gasteiger partial charge in [-0.3, -0.25) is 4.79 Å². The Labute approximate surface area is 142 Å². The average molecular weight is 326 g/mol. The van der Waals surface area contributed by atoms with E-state index >= 15 is 0 Å². The van der Waals surface area contributed by atoms with E-state index in [0.29, 0.717) is 12.4 Å². The van der Waals surface area contributed by atoms with Gasteiger partial charge in [0.2, 0.25) is 11.8 Å². The number of carbonyl (C=O) groups is 1. The van der Waals surface area contributed by atoms with Gasteiger partial charge in [-0.2, -0.15) is 0 Å². The predicted molar refractivity (Wildman–Crippen MR) is 92.3 cm³/mol. The van der Waals surface area contributed by atoms with E-state index in [2.05, 4.69) is 21.8 Å². The van der Waals surface area contributed by atoms with Crippen molar-refractivity contribution < 1.29 is 9.53 Å². The number of piperazine rings is 1. The molecule has 6 nitrogen and oxygen atoms in total. The second-order valence-corrected chi connectivity index (χ2v) is 6.14. The highest BCUT2D eigenvalue weighted by Gasteiger charge is 2.26. The molecule has 0 bridgehead atoms. The monoisotopic (exact) mass is 326 g/mol. The van der Waals surface area contributed by atoms with E-state index in [9.17, 15) is 4.79 Å². The number of anilines is 1. The summed E-state index contributed by atoms with van der Waals surface area (Å²) in [5.41, 5.74) is 1.14. The fraction of sp³-hybridized carbons (Fsp3) is 0.389. The Morgan fingerprint density at radius 3 is 2.79 bits per heavy atom. The second kappa shape index (κ2) is 6.86. The largest absolute Gasteiger partial charge is 0.439 e. The van der Waals surface area contributed by atoms with Crippen molar-refractivity contribution in [1.82, 2.24) is 14.9 Å². The lowest BCUT2D eigenvalue weighted by Gasteiger charge is -2.39. The van der Waals surface area contributed by atoms with Crippen molar-refractivity contribution in [1.29, 1.82) is 0 Å². The quantitative estimate of drug-likeness (QED) is 0.868. The SMILES string of the molecule is CC(=O)N1CCN(c2cc(Oc3cccc(C)c3)ncn2)C[C@@H]1C. The maximum Gasteiger partial charge on any atom is 0.224 e. The standard InChI is InChI=1S/C18H22N4O2/c1-13-5-4-6-16(9-13)24-18-10-17(19-12-20-18)21-7-8-22(15(3)23)14(2)11-21/h4-6,9-10,12,14H,7-8,11H2,1-3H3/t14-/m0/s1. The summed E-state index contributed by atoms with van der Waals surface area (Å²) in [7, 11) is 0. The smallest absolute Gasteiger partial charge is 0.224 e. The van der Waals surface area contributed by atoms with Crippen LogP contribution in [0.3, 0.4) is 0 Å².